The van der Waals surface area contributed by atoms with E-state index in [9.17, 15) is 26.3 Å². The van der Waals surface area contributed by atoms with Gasteiger partial charge in [0.05, 0.1) is 16.8 Å². The summed E-state index contributed by atoms with van der Waals surface area (Å²) in [5.41, 5.74) is -2.69. The van der Waals surface area contributed by atoms with Crippen LogP contribution in [0, 0.1) is 0 Å². The van der Waals surface area contributed by atoms with Crippen LogP contribution in [0.1, 0.15) is 29.8 Å². The van der Waals surface area contributed by atoms with Gasteiger partial charge in [-0.3, -0.25) is 0 Å². The molecule has 0 saturated heterocycles. The van der Waals surface area contributed by atoms with Gasteiger partial charge < -0.3 is 4.57 Å². The molecule has 0 atom stereocenters. The number of benzene rings is 1. The SMILES string of the molecule is FC(F)(F)c1cc(-c2cn3c(n2)CCCC3)cc(C(F)(F)F)c1. The highest BCUT2D eigenvalue weighted by molar-refractivity contribution is 5.62. The second-order valence-corrected chi connectivity index (χ2v) is 5.49. The lowest BCUT2D eigenvalue weighted by molar-refractivity contribution is -0.143. The average molecular weight is 334 g/mol. The third kappa shape index (κ3) is 3.20. The summed E-state index contributed by atoms with van der Waals surface area (Å²) in [6, 6.07) is 1.55. The molecule has 2 aromatic rings. The molecule has 0 aliphatic carbocycles. The molecule has 0 N–H and O–H groups in total. The Bertz CT molecular complexity index is 671. The number of aryl methyl sites for hydroxylation is 2. The van der Waals surface area contributed by atoms with Crippen molar-refractivity contribution in [3.05, 3.63) is 41.3 Å². The van der Waals surface area contributed by atoms with E-state index in [1.807, 2.05) is 0 Å². The van der Waals surface area contributed by atoms with Gasteiger partial charge in [-0.15, -0.1) is 0 Å². The van der Waals surface area contributed by atoms with Gasteiger partial charge in [-0.25, -0.2) is 4.98 Å². The minimum atomic E-state index is -4.85. The Hall–Kier alpha value is -1.99. The van der Waals surface area contributed by atoms with Crippen molar-refractivity contribution in [1.82, 2.24) is 9.55 Å². The van der Waals surface area contributed by atoms with Gasteiger partial charge in [0.15, 0.2) is 0 Å². The fraction of sp³-hybridized carbons (Fsp3) is 0.400. The van der Waals surface area contributed by atoms with Gasteiger partial charge in [0, 0.05) is 24.7 Å². The Kier molecular flexibility index (Phi) is 3.65. The minimum absolute atomic E-state index is 0.124. The van der Waals surface area contributed by atoms with Crippen LogP contribution in [0.15, 0.2) is 24.4 Å². The van der Waals surface area contributed by atoms with Crippen LogP contribution in [0.3, 0.4) is 0 Å². The monoisotopic (exact) mass is 334 g/mol. The van der Waals surface area contributed by atoms with E-state index in [4.69, 9.17) is 0 Å². The summed E-state index contributed by atoms with van der Waals surface area (Å²) in [5, 5.41) is 0. The maximum absolute atomic E-state index is 12.9. The Morgan fingerprint density at radius 1 is 0.870 bits per heavy atom. The lowest BCUT2D eigenvalue weighted by Crippen LogP contribution is -2.11. The summed E-state index contributed by atoms with van der Waals surface area (Å²) in [6.07, 6.45) is -5.69. The third-order valence-corrected chi connectivity index (χ3v) is 3.79. The summed E-state index contributed by atoms with van der Waals surface area (Å²) in [6.45, 7) is 0.674. The lowest BCUT2D eigenvalue weighted by atomic mass is 10.0. The van der Waals surface area contributed by atoms with E-state index in [1.165, 1.54) is 6.20 Å². The largest absolute Gasteiger partial charge is 0.416 e. The first kappa shape index (κ1) is 15.9. The summed E-state index contributed by atoms with van der Waals surface area (Å²) in [5.74, 6) is 0.692. The highest BCUT2D eigenvalue weighted by Gasteiger charge is 2.37. The standard InChI is InChI=1S/C15H12F6N2/c16-14(17,18)10-5-9(6-11(7-10)15(19,20)21)12-8-23-4-2-1-3-13(23)22-12/h5-8H,1-4H2. The van der Waals surface area contributed by atoms with Gasteiger partial charge >= 0.3 is 12.4 Å². The fourth-order valence-electron chi connectivity index (χ4n) is 2.65. The molecule has 23 heavy (non-hydrogen) atoms. The average Bonchev–Trinajstić information content (AvgIpc) is 2.89. The summed E-state index contributed by atoms with van der Waals surface area (Å²) >= 11 is 0. The maximum atomic E-state index is 12.9. The van der Waals surface area contributed by atoms with E-state index < -0.39 is 23.5 Å². The number of rotatable bonds is 1. The zero-order valence-corrected chi connectivity index (χ0v) is 11.8. The molecule has 0 radical (unpaired) electrons. The van der Waals surface area contributed by atoms with Gasteiger partial charge in [-0.2, -0.15) is 26.3 Å². The van der Waals surface area contributed by atoms with Crippen LogP contribution in [-0.2, 0) is 25.3 Å². The van der Waals surface area contributed by atoms with Gasteiger partial charge in [0.1, 0.15) is 5.82 Å². The summed E-state index contributed by atoms with van der Waals surface area (Å²) in [4.78, 5) is 4.20. The Labute approximate surface area is 127 Å². The molecule has 0 saturated carbocycles. The molecule has 0 bridgehead atoms. The molecule has 1 aromatic heterocycles. The molecule has 8 heteroatoms. The molecule has 124 valence electrons. The summed E-state index contributed by atoms with van der Waals surface area (Å²) < 4.78 is 79.1. The third-order valence-electron chi connectivity index (χ3n) is 3.79. The van der Waals surface area contributed by atoms with Crippen molar-refractivity contribution in [3.8, 4) is 11.3 Å². The quantitative estimate of drug-likeness (QED) is 0.677. The molecule has 0 unspecified atom stereocenters. The second-order valence-electron chi connectivity index (χ2n) is 5.49. The molecule has 2 heterocycles. The number of halogens is 6. The van der Waals surface area contributed by atoms with Crippen molar-refractivity contribution in [3.63, 3.8) is 0 Å². The minimum Gasteiger partial charge on any atom is -0.334 e. The van der Waals surface area contributed by atoms with Crippen molar-refractivity contribution in [1.29, 1.82) is 0 Å². The first-order valence-electron chi connectivity index (χ1n) is 7.00. The first-order chi connectivity index (χ1) is 10.6. The van der Waals surface area contributed by atoms with E-state index in [1.54, 1.807) is 4.57 Å². The molecular formula is C15H12F6N2. The first-order valence-corrected chi connectivity index (χ1v) is 7.00. The summed E-state index contributed by atoms with van der Waals surface area (Å²) in [7, 11) is 0. The van der Waals surface area contributed by atoms with Crippen molar-refractivity contribution < 1.29 is 26.3 Å². The van der Waals surface area contributed by atoms with Crippen molar-refractivity contribution in [2.75, 3.05) is 0 Å². The number of aromatic nitrogens is 2. The highest BCUT2D eigenvalue weighted by Crippen LogP contribution is 2.38. The van der Waals surface area contributed by atoms with Crippen LogP contribution in [0.4, 0.5) is 26.3 Å². The number of hydrogen-bond acceptors (Lipinski definition) is 1. The van der Waals surface area contributed by atoms with Crippen LogP contribution in [0.5, 0.6) is 0 Å². The maximum Gasteiger partial charge on any atom is 0.416 e. The van der Waals surface area contributed by atoms with Crippen molar-refractivity contribution in [2.45, 2.75) is 38.2 Å². The molecule has 0 fully saturated rings. The van der Waals surface area contributed by atoms with E-state index >= 15 is 0 Å². The smallest absolute Gasteiger partial charge is 0.334 e. The van der Waals surface area contributed by atoms with Crippen LogP contribution < -0.4 is 0 Å². The van der Waals surface area contributed by atoms with Crippen LogP contribution in [0.2, 0.25) is 0 Å². The lowest BCUT2D eigenvalue weighted by Gasteiger charge is -2.13. The van der Waals surface area contributed by atoms with Crippen LogP contribution >= 0.6 is 0 Å². The zero-order valence-electron chi connectivity index (χ0n) is 11.8. The molecule has 1 aliphatic rings. The second kappa shape index (κ2) is 5.28. The molecule has 2 nitrogen and oxygen atoms in total. The van der Waals surface area contributed by atoms with Crippen LogP contribution in [0.25, 0.3) is 11.3 Å². The zero-order chi connectivity index (χ0) is 16.8. The predicted molar refractivity (Wildman–Crippen MR) is 70.6 cm³/mol. The van der Waals surface area contributed by atoms with Gasteiger partial charge in [0.25, 0.3) is 0 Å². The number of hydrogen-bond donors (Lipinski definition) is 0. The number of nitrogens with zero attached hydrogens (tertiary/aromatic N) is 2. The Morgan fingerprint density at radius 2 is 1.48 bits per heavy atom. The Morgan fingerprint density at radius 3 is 2.00 bits per heavy atom. The van der Waals surface area contributed by atoms with Gasteiger partial charge in [-0.1, -0.05) is 0 Å². The number of alkyl halides is 6. The highest BCUT2D eigenvalue weighted by atomic mass is 19.4. The van der Waals surface area contributed by atoms with Gasteiger partial charge in [0.2, 0.25) is 0 Å². The molecule has 0 spiro atoms. The molecule has 1 aromatic carbocycles. The van der Waals surface area contributed by atoms with E-state index in [2.05, 4.69) is 4.98 Å². The van der Waals surface area contributed by atoms with E-state index in [0.717, 1.165) is 12.8 Å². The molecule has 3 rings (SSSR count). The van der Waals surface area contributed by atoms with Gasteiger partial charge in [-0.05, 0) is 31.0 Å². The van der Waals surface area contributed by atoms with Crippen LogP contribution in [-0.4, -0.2) is 9.55 Å². The normalized spacial score (nSPS) is 15.6. The van der Waals surface area contributed by atoms with E-state index in [-0.39, 0.29) is 17.3 Å². The molecule has 0 amide bonds. The van der Waals surface area contributed by atoms with Crippen molar-refractivity contribution >= 4 is 0 Å². The molecule has 1 aliphatic heterocycles. The number of fused-ring (bicyclic) bond motifs is 1. The van der Waals surface area contributed by atoms with Crippen molar-refractivity contribution in [2.24, 2.45) is 0 Å². The molecular weight excluding hydrogens is 322 g/mol. The topological polar surface area (TPSA) is 17.8 Å². The van der Waals surface area contributed by atoms with E-state index in [0.29, 0.717) is 30.9 Å². The number of imidazole rings is 1. The Balaban J connectivity index is 2.12. The fourth-order valence-corrected chi connectivity index (χ4v) is 2.65. The predicted octanol–water partition coefficient (Wildman–Crippen LogP) is 4.92.